The van der Waals surface area contributed by atoms with Crippen molar-refractivity contribution in [3.63, 3.8) is 0 Å². The van der Waals surface area contributed by atoms with E-state index in [0.717, 1.165) is 38.2 Å². The second-order valence-corrected chi connectivity index (χ2v) is 7.50. The fourth-order valence-corrected chi connectivity index (χ4v) is 3.04. The number of aliphatic carboxylic acids is 4. The summed E-state index contributed by atoms with van der Waals surface area (Å²) in [6, 6.07) is 6.18. The number of ether oxygens (including phenoxy) is 1. The van der Waals surface area contributed by atoms with Crippen molar-refractivity contribution in [2.24, 2.45) is 0 Å². The van der Waals surface area contributed by atoms with Gasteiger partial charge < -0.3 is 35.0 Å². The Balaban J connectivity index is 0.000000846. The third-order valence-electron chi connectivity index (χ3n) is 4.87. The number of carbonyl (C=O) groups is 4. The van der Waals surface area contributed by atoms with E-state index in [9.17, 15) is 13.2 Å². The molecule has 0 spiro atoms. The summed E-state index contributed by atoms with van der Waals surface area (Å²) in [4.78, 5) is 41.3. The van der Waals surface area contributed by atoms with Crippen LogP contribution in [-0.4, -0.2) is 99.7 Å². The largest absolute Gasteiger partial charge is 0.573 e. The minimum atomic E-state index is -4.63. The van der Waals surface area contributed by atoms with Crippen LogP contribution in [0.25, 0.3) is 0 Å². The van der Waals surface area contributed by atoms with E-state index in [2.05, 4.69) is 21.5 Å². The SMILES string of the molecule is CCN(CCc1ccc(OC(F)(F)F)cc1)CCN1CCCCC1.O=C(O)C(=O)O.O=C(O)C(=O)O. The maximum absolute atomic E-state index is 12.1. The molecule has 0 unspecified atom stereocenters. The lowest BCUT2D eigenvalue weighted by molar-refractivity contribution is -0.274. The van der Waals surface area contributed by atoms with Gasteiger partial charge in [-0.25, -0.2) is 19.2 Å². The van der Waals surface area contributed by atoms with E-state index in [0.29, 0.717) is 0 Å². The number of benzene rings is 1. The number of hydrogen-bond acceptors (Lipinski definition) is 7. The number of halogens is 3. The zero-order valence-corrected chi connectivity index (χ0v) is 19.7. The molecule has 2 rings (SSSR count). The lowest BCUT2D eigenvalue weighted by Gasteiger charge is -2.29. The first-order valence-electron chi connectivity index (χ1n) is 11.0. The second-order valence-electron chi connectivity index (χ2n) is 7.50. The van der Waals surface area contributed by atoms with Gasteiger partial charge in [-0.05, 0) is 56.6 Å². The van der Waals surface area contributed by atoms with Crippen LogP contribution >= 0.6 is 0 Å². The van der Waals surface area contributed by atoms with Crippen molar-refractivity contribution in [2.45, 2.75) is 39.0 Å². The van der Waals surface area contributed by atoms with Gasteiger partial charge in [0, 0.05) is 19.6 Å². The first-order chi connectivity index (χ1) is 16.7. The zero-order chi connectivity index (χ0) is 27.7. The number of carboxylic acid groups (broad SMARTS) is 4. The highest BCUT2D eigenvalue weighted by atomic mass is 19.4. The minimum Gasteiger partial charge on any atom is -0.473 e. The smallest absolute Gasteiger partial charge is 0.473 e. The quantitative estimate of drug-likeness (QED) is 0.369. The van der Waals surface area contributed by atoms with Gasteiger partial charge in [-0.2, -0.15) is 0 Å². The van der Waals surface area contributed by atoms with Crippen molar-refractivity contribution in [3.05, 3.63) is 29.8 Å². The van der Waals surface area contributed by atoms with Gasteiger partial charge >= 0.3 is 30.2 Å². The number of rotatable bonds is 8. The summed E-state index contributed by atoms with van der Waals surface area (Å²) in [7, 11) is 0. The molecular weight excluding hydrogens is 493 g/mol. The van der Waals surface area contributed by atoms with Crippen molar-refractivity contribution < 1.29 is 57.5 Å². The molecule has 4 N–H and O–H groups in total. The molecule has 0 bridgehead atoms. The third-order valence-corrected chi connectivity index (χ3v) is 4.87. The molecular formula is C22H31F3N2O9. The molecule has 0 radical (unpaired) electrons. The van der Waals surface area contributed by atoms with Gasteiger partial charge in [0.1, 0.15) is 5.75 Å². The Bertz CT molecular complexity index is 779. The van der Waals surface area contributed by atoms with Crippen molar-refractivity contribution in [3.8, 4) is 5.75 Å². The Morgan fingerprint density at radius 3 is 1.72 bits per heavy atom. The summed E-state index contributed by atoms with van der Waals surface area (Å²) in [6.07, 6.45) is 0.161. The number of alkyl halides is 3. The number of likely N-dealkylation sites (tertiary alicyclic amines) is 1. The third kappa shape index (κ3) is 17.1. The van der Waals surface area contributed by atoms with Gasteiger partial charge in [-0.3, -0.25) is 0 Å². The van der Waals surface area contributed by atoms with E-state index in [4.69, 9.17) is 39.6 Å². The van der Waals surface area contributed by atoms with Crippen LogP contribution in [0.15, 0.2) is 24.3 Å². The highest BCUT2D eigenvalue weighted by Gasteiger charge is 2.30. The molecule has 0 amide bonds. The Morgan fingerprint density at radius 1 is 0.861 bits per heavy atom. The van der Waals surface area contributed by atoms with Gasteiger partial charge in [0.25, 0.3) is 0 Å². The first-order valence-corrected chi connectivity index (χ1v) is 11.0. The number of carboxylic acids is 4. The number of piperidine rings is 1. The van der Waals surface area contributed by atoms with E-state index in [1.165, 1.54) is 44.5 Å². The molecule has 1 aliphatic rings. The molecule has 36 heavy (non-hydrogen) atoms. The highest BCUT2D eigenvalue weighted by molar-refractivity contribution is 6.27. The summed E-state index contributed by atoms with van der Waals surface area (Å²) in [6.45, 7) is 8.62. The number of nitrogens with zero attached hydrogens (tertiary/aromatic N) is 2. The van der Waals surface area contributed by atoms with Crippen molar-refractivity contribution in [1.29, 1.82) is 0 Å². The van der Waals surface area contributed by atoms with Gasteiger partial charge in [0.05, 0.1) is 0 Å². The molecule has 1 fully saturated rings. The van der Waals surface area contributed by atoms with Crippen molar-refractivity contribution in [2.75, 3.05) is 39.3 Å². The molecule has 1 aromatic carbocycles. The second kappa shape index (κ2) is 17.1. The molecule has 14 heteroatoms. The van der Waals surface area contributed by atoms with Crippen LogP contribution < -0.4 is 4.74 Å². The highest BCUT2D eigenvalue weighted by Crippen LogP contribution is 2.22. The van der Waals surface area contributed by atoms with E-state index in [1.54, 1.807) is 12.1 Å². The lowest BCUT2D eigenvalue weighted by Crippen LogP contribution is -2.38. The summed E-state index contributed by atoms with van der Waals surface area (Å²) in [5.41, 5.74) is 1.03. The average Bonchev–Trinajstić information content (AvgIpc) is 2.80. The molecule has 1 saturated heterocycles. The van der Waals surface area contributed by atoms with Crippen LogP contribution in [0.1, 0.15) is 31.7 Å². The molecule has 1 aromatic rings. The zero-order valence-electron chi connectivity index (χ0n) is 19.7. The fraction of sp³-hybridized carbons (Fsp3) is 0.545. The molecule has 1 aliphatic heterocycles. The minimum absolute atomic E-state index is 0.163. The van der Waals surface area contributed by atoms with Gasteiger partial charge in [-0.15, -0.1) is 13.2 Å². The van der Waals surface area contributed by atoms with Crippen molar-refractivity contribution in [1.82, 2.24) is 9.80 Å². The maximum Gasteiger partial charge on any atom is 0.573 e. The monoisotopic (exact) mass is 524 g/mol. The van der Waals surface area contributed by atoms with Crippen LogP contribution in [0.2, 0.25) is 0 Å². The van der Waals surface area contributed by atoms with Crippen LogP contribution in [0.4, 0.5) is 13.2 Å². The summed E-state index contributed by atoms with van der Waals surface area (Å²) in [5, 5.41) is 29.6. The summed E-state index contributed by atoms with van der Waals surface area (Å²) in [5.74, 6) is -7.46. The Kier molecular flexibility index (Phi) is 15.5. The lowest BCUT2D eigenvalue weighted by atomic mass is 10.1. The predicted octanol–water partition coefficient (Wildman–Crippen LogP) is 2.25. The Morgan fingerprint density at radius 2 is 1.33 bits per heavy atom. The maximum atomic E-state index is 12.1. The Labute approximate surface area is 205 Å². The molecule has 0 saturated carbocycles. The molecule has 11 nitrogen and oxygen atoms in total. The fourth-order valence-electron chi connectivity index (χ4n) is 3.04. The van der Waals surface area contributed by atoms with E-state index >= 15 is 0 Å². The van der Waals surface area contributed by atoms with Crippen LogP contribution in [0, 0.1) is 0 Å². The van der Waals surface area contributed by atoms with Crippen LogP contribution in [0.5, 0.6) is 5.75 Å². The van der Waals surface area contributed by atoms with E-state index in [1.807, 2.05) is 0 Å². The van der Waals surface area contributed by atoms with Gasteiger partial charge in [-0.1, -0.05) is 25.5 Å². The van der Waals surface area contributed by atoms with Gasteiger partial charge in [0.15, 0.2) is 0 Å². The van der Waals surface area contributed by atoms with Crippen LogP contribution in [0.3, 0.4) is 0 Å². The van der Waals surface area contributed by atoms with Crippen LogP contribution in [-0.2, 0) is 25.6 Å². The van der Waals surface area contributed by atoms with Gasteiger partial charge in [0.2, 0.25) is 0 Å². The molecule has 0 aliphatic carbocycles. The summed E-state index contributed by atoms with van der Waals surface area (Å²) >= 11 is 0. The topological polar surface area (TPSA) is 165 Å². The number of likely N-dealkylation sites (N-methyl/N-ethyl adjacent to an activating group) is 1. The summed E-state index contributed by atoms with van der Waals surface area (Å²) < 4.78 is 40.3. The average molecular weight is 524 g/mol. The molecule has 0 aromatic heterocycles. The van der Waals surface area contributed by atoms with E-state index in [-0.39, 0.29) is 5.75 Å². The normalized spacial score (nSPS) is 13.5. The number of hydrogen-bond donors (Lipinski definition) is 4. The molecule has 204 valence electrons. The van der Waals surface area contributed by atoms with Crippen molar-refractivity contribution >= 4 is 23.9 Å². The molecule has 1 heterocycles. The standard InChI is InChI=1S/C18H27F3N2O.2C2H2O4/c1-2-22(14-15-23-11-4-3-5-12-23)13-10-16-6-8-17(9-7-16)24-18(19,20)21;2*3-1(4)2(5)6/h6-9H,2-5,10-15H2,1H3;2*(H,3,4)(H,5,6). The predicted molar refractivity (Wildman–Crippen MR) is 120 cm³/mol. The molecule has 0 atom stereocenters. The Hall–Kier alpha value is -3.39. The van der Waals surface area contributed by atoms with E-state index < -0.39 is 30.2 Å². The first kappa shape index (κ1) is 32.6.